The molecule has 0 aliphatic carbocycles. The molecule has 144 valence electrons. The summed E-state index contributed by atoms with van der Waals surface area (Å²) in [6.07, 6.45) is 1.12. The van der Waals surface area contributed by atoms with Crippen molar-refractivity contribution >= 4 is 33.2 Å². The third kappa shape index (κ3) is 6.19. The lowest BCUT2D eigenvalue weighted by atomic mass is 10.1. The molecule has 2 amide bonds. The van der Waals surface area contributed by atoms with Gasteiger partial charge in [0.25, 0.3) is 0 Å². The molecule has 0 bridgehead atoms. The number of carbonyl (C=O) groups excluding carboxylic acids is 2. The monoisotopic (exact) mass is 389 g/mol. The van der Waals surface area contributed by atoms with E-state index in [1.165, 1.54) is 19.2 Å². The molecule has 27 heavy (non-hydrogen) atoms. The topological polar surface area (TPSA) is 104 Å². The third-order valence-electron chi connectivity index (χ3n) is 3.89. The fourth-order valence-corrected chi connectivity index (χ4v) is 3.09. The second kappa shape index (κ2) is 9.29. The van der Waals surface area contributed by atoms with Crippen LogP contribution < -0.4 is 15.4 Å². The summed E-state index contributed by atoms with van der Waals surface area (Å²) in [7, 11) is -2.10. The quantitative estimate of drug-likeness (QED) is 0.645. The summed E-state index contributed by atoms with van der Waals surface area (Å²) in [6.45, 7) is 1.77. The Hall–Kier alpha value is -2.71. The van der Waals surface area contributed by atoms with Gasteiger partial charge in [0, 0.05) is 24.2 Å². The van der Waals surface area contributed by atoms with E-state index in [4.69, 9.17) is 0 Å². The lowest BCUT2D eigenvalue weighted by molar-refractivity contribution is -0.116. The zero-order valence-corrected chi connectivity index (χ0v) is 16.1. The summed E-state index contributed by atoms with van der Waals surface area (Å²) in [6, 6.07) is 13.4. The van der Waals surface area contributed by atoms with Crippen LogP contribution in [0.3, 0.4) is 0 Å². The minimum Gasteiger partial charge on any atom is -0.326 e. The number of nitrogens with one attached hydrogen (secondary N) is 3. The van der Waals surface area contributed by atoms with E-state index in [0.29, 0.717) is 24.2 Å². The first kappa shape index (κ1) is 20.6. The fourth-order valence-electron chi connectivity index (χ4n) is 2.36. The minimum absolute atomic E-state index is 0.0952. The summed E-state index contributed by atoms with van der Waals surface area (Å²) >= 11 is 0. The Morgan fingerprint density at radius 3 is 2.07 bits per heavy atom. The van der Waals surface area contributed by atoms with E-state index >= 15 is 0 Å². The second-order valence-corrected chi connectivity index (χ2v) is 7.77. The Labute approximate surface area is 159 Å². The van der Waals surface area contributed by atoms with E-state index in [1.54, 1.807) is 43.3 Å². The zero-order chi connectivity index (χ0) is 19.9. The average molecular weight is 389 g/mol. The summed E-state index contributed by atoms with van der Waals surface area (Å²) in [5, 5.41) is 5.53. The van der Waals surface area contributed by atoms with Gasteiger partial charge in [0.1, 0.15) is 0 Å². The maximum absolute atomic E-state index is 12.1. The van der Waals surface area contributed by atoms with Gasteiger partial charge in [0.2, 0.25) is 21.8 Å². The van der Waals surface area contributed by atoms with Crippen molar-refractivity contribution in [2.75, 3.05) is 17.7 Å². The van der Waals surface area contributed by atoms with Crippen molar-refractivity contribution in [1.82, 2.24) is 4.72 Å². The first-order valence-electron chi connectivity index (χ1n) is 8.56. The highest BCUT2D eigenvalue weighted by Gasteiger charge is 2.11. The van der Waals surface area contributed by atoms with Crippen molar-refractivity contribution in [3.8, 4) is 0 Å². The molecular formula is C19H23N3O4S. The number of hydrogen-bond acceptors (Lipinski definition) is 4. The van der Waals surface area contributed by atoms with Gasteiger partial charge < -0.3 is 10.6 Å². The molecule has 0 heterocycles. The Balaban J connectivity index is 1.91. The highest BCUT2D eigenvalue weighted by atomic mass is 32.2. The number of sulfonamides is 1. The van der Waals surface area contributed by atoms with Crippen molar-refractivity contribution in [2.24, 2.45) is 0 Å². The van der Waals surface area contributed by atoms with Gasteiger partial charge in [0.05, 0.1) is 4.90 Å². The molecule has 2 rings (SSSR count). The van der Waals surface area contributed by atoms with E-state index in [1.807, 2.05) is 0 Å². The molecule has 0 atom stereocenters. The van der Waals surface area contributed by atoms with E-state index in [0.717, 1.165) is 5.56 Å². The first-order valence-corrected chi connectivity index (χ1v) is 10.0. The molecule has 0 aromatic heterocycles. The van der Waals surface area contributed by atoms with Crippen molar-refractivity contribution in [3.05, 3.63) is 54.1 Å². The number of hydrogen-bond donors (Lipinski definition) is 3. The molecule has 0 aliphatic heterocycles. The highest BCUT2D eigenvalue weighted by molar-refractivity contribution is 7.89. The van der Waals surface area contributed by atoms with Gasteiger partial charge in [0.15, 0.2) is 0 Å². The Bertz CT molecular complexity index is 909. The van der Waals surface area contributed by atoms with E-state index in [2.05, 4.69) is 15.4 Å². The third-order valence-corrected chi connectivity index (χ3v) is 5.32. The van der Waals surface area contributed by atoms with Crippen LogP contribution in [0.25, 0.3) is 0 Å². The Kier molecular flexibility index (Phi) is 7.09. The number of carbonyl (C=O) groups is 2. The van der Waals surface area contributed by atoms with Crippen LogP contribution in [0.5, 0.6) is 0 Å². The molecule has 7 nitrogen and oxygen atoms in total. The number of anilines is 2. The molecule has 2 aromatic rings. The maximum Gasteiger partial charge on any atom is 0.240 e. The zero-order valence-electron chi connectivity index (χ0n) is 15.3. The average Bonchev–Trinajstić information content (AvgIpc) is 2.67. The summed E-state index contributed by atoms with van der Waals surface area (Å²) in [5.41, 5.74) is 2.09. The predicted molar refractivity (Wildman–Crippen MR) is 105 cm³/mol. The van der Waals surface area contributed by atoms with Crippen molar-refractivity contribution in [3.63, 3.8) is 0 Å². The molecule has 8 heteroatoms. The van der Waals surface area contributed by atoms with Crippen LogP contribution in [0, 0.1) is 0 Å². The standard InChI is InChI=1S/C19H23N3O4S/c1-3-18(23)21-15-5-4-6-16(13-15)22-19(24)12-9-14-7-10-17(11-8-14)27(25,26)20-2/h4-8,10-11,13,20H,3,9,12H2,1-2H3,(H,21,23)(H,22,24). The van der Waals surface area contributed by atoms with Crippen LogP contribution in [0.15, 0.2) is 53.4 Å². The molecule has 0 fully saturated rings. The molecule has 0 spiro atoms. The van der Waals surface area contributed by atoms with Gasteiger partial charge in [-0.1, -0.05) is 25.1 Å². The smallest absolute Gasteiger partial charge is 0.240 e. The molecule has 3 N–H and O–H groups in total. The SMILES string of the molecule is CCC(=O)Nc1cccc(NC(=O)CCc2ccc(S(=O)(=O)NC)cc2)c1. The second-order valence-electron chi connectivity index (χ2n) is 5.88. The van der Waals surface area contributed by atoms with Crippen LogP contribution in [-0.4, -0.2) is 27.3 Å². The lowest BCUT2D eigenvalue weighted by Gasteiger charge is -2.09. The first-order chi connectivity index (χ1) is 12.8. The fraction of sp³-hybridized carbons (Fsp3) is 0.263. The van der Waals surface area contributed by atoms with Gasteiger partial charge in [-0.25, -0.2) is 13.1 Å². The van der Waals surface area contributed by atoms with Crippen LogP contribution >= 0.6 is 0 Å². The van der Waals surface area contributed by atoms with Gasteiger partial charge in [-0.3, -0.25) is 9.59 Å². The lowest BCUT2D eigenvalue weighted by Crippen LogP contribution is -2.18. The number of benzene rings is 2. The van der Waals surface area contributed by atoms with Crippen molar-refractivity contribution in [2.45, 2.75) is 31.1 Å². The minimum atomic E-state index is -3.46. The molecule has 0 aliphatic rings. The Morgan fingerprint density at radius 2 is 1.52 bits per heavy atom. The Morgan fingerprint density at radius 1 is 0.926 bits per heavy atom. The largest absolute Gasteiger partial charge is 0.326 e. The van der Waals surface area contributed by atoms with E-state index < -0.39 is 10.0 Å². The van der Waals surface area contributed by atoms with Gasteiger partial charge in [-0.05, 0) is 49.4 Å². The highest BCUT2D eigenvalue weighted by Crippen LogP contribution is 2.16. The van der Waals surface area contributed by atoms with Crippen molar-refractivity contribution in [1.29, 1.82) is 0 Å². The summed E-state index contributed by atoms with van der Waals surface area (Å²) in [4.78, 5) is 23.8. The number of aryl methyl sites for hydroxylation is 1. The van der Waals surface area contributed by atoms with Crippen LogP contribution in [0.1, 0.15) is 25.3 Å². The molecule has 2 aromatic carbocycles. The van der Waals surface area contributed by atoms with Crippen LogP contribution in [-0.2, 0) is 26.0 Å². The molecule has 0 unspecified atom stereocenters. The molecule has 0 saturated carbocycles. The molecular weight excluding hydrogens is 366 g/mol. The summed E-state index contributed by atoms with van der Waals surface area (Å²) < 4.78 is 25.6. The molecule has 0 radical (unpaired) electrons. The number of rotatable bonds is 8. The molecule has 0 saturated heterocycles. The summed E-state index contributed by atoms with van der Waals surface area (Å²) in [5.74, 6) is -0.261. The van der Waals surface area contributed by atoms with E-state index in [9.17, 15) is 18.0 Å². The van der Waals surface area contributed by atoms with Crippen LogP contribution in [0.2, 0.25) is 0 Å². The van der Waals surface area contributed by atoms with Gasteiger partial charge in [-0.2, -0.15) is 0 Å². The normalized spacial score (nSPS) is 11.0. The van der Waals surface area contributed by atoms with Crippen molar-refractivity contribution < 1.29 is 18.0 Å². The predicted octanol–water partition coefficient (Wildman–Crippen LogP) is 2.51. The van der Waals surface area contributed by atoms with Gasteiger partial charge >= 0.3 is 0 Å². The van der Waals surface area contributed by atoms with Gasteiger partial charge in [-0.15, -0.1) is 0 Å². The van der Waals surface area contributed by atoms with Crippen LogP contribution in [0.4, 0.5) is 11.4 Å². The van der Waals surface area contributed by atoms with E-state index in [-0.39, 0.29) is 23.1 Å². The number of amides is 2. The maximum atomic E-state index is 12.1.